The molecular formula is C5H7O2S. The summed E-state index contributed by atoms with van der Waals surface area (Å²) in [5.41, 5.74) is 0. The standard InChI is InChI=1S/C5H7O2S/c6-1-5(7)4-2-8-3-4/h4H,1-3H2. The molecule has 0 aromatic heterocycles. The average Bonchev–Trinajstić information content (AvgIpc) is 1.62. The van der Waals surface area contributed by atoms with Gasteiger partial charge in [0.25, 0.3) is 0 Å². The maximum atomic E-state index is 10.5. The lowest BCUT2D eigenvalue weighted by Crippen LogP contribution is -2.29. The summed E-state index contributed by atoms with van der Waals surface area (Å²) < 4.78 is 0. The highest BCUT2D eigenvalue weighted by Crippen LogP contribution is 2.24. The van der Waals surface area contributed by atoms with E-state index in [0.717, 1.165) is 11.5 Å². The predicted molar refractivity (Wildman–Crippen MR) is 31.4 cm³/mol. The molecular weight excluding hydrogens is 124 g/mol. The van der Waals surface area contributed by atoms with Crippen molar-refractivity contribution < 1.29 is 9.90 Å². The van der Waals surface area contributed by atoms with Crippen LogP contribution in [-0.4, -0.2) is 23.9 Å². The Bertz CT molecular complexity index is 98.6. The molecule has 0 N–H and O–H groups in total. The number of ketones is 1. The topological polar surface area (TPSA) is 37.0 Å². The van der Waals surface area contributed by atoms with Crippen molar-refractivity contribution in [3.05, 3.63) is 0 Å². The van der Waals surface area contributed by atoms with Crippen LogP contribution in [-0.2, 0) is 9.90 Å². The van der Waals surface area contributed by atoms with Crippen LogP contribution in [0.15, 0.2) is 0 Å². The van der Waals surface area contributed by atoms with Crippen molar-refractivity contribution in [1.82, 2.24) is 0 Å². The van der Waals surface area contributed by atoms with Gasteiger partial charge in [-0.2, -0.15) is 11.8 Å². The first-order valence-electron chi connectivity index (χ1n) is 2.53. The zero-order valence-corrected chi connectivity index (χ0v) is 5.24. The minimum atomic E-state index is -0.523. The Morgan fingerprint density at radius 1 is 1.62 bits per heavy atom. The van der Waals surface area contributed by atoms with Gasteiger partial charge >= 0.3 is 0 Å². The number of thioether (sulfide) groups is 1. The molecule has 0 atom stereocenters. The molecule has 0 aromatic rings. The van der Waals surface area contributed by atoms with Gasteiger partial charge in [-0.1, -0.05) is 0 Å². The fourth-order valence-electron chi connectivity index (χ4n) is 0.539. The van der Waals surface area contributed by atoms with Crippen LogP contribution in [0.4, 0.5) is 0 Å². The normalized spacial score (nSPS) is 20.1. The van der Waals surface area contributed by atoms with Crippen LogP contribution in [0.2, 0.25) is 0 Å². The fourth-order valence-corrected chi connectivity index (χ4v) is 1.38. The van der Waals surface area contributed by atoms with Gasteiger partial charge in [0.05, 0.1) is 0 Å². The van der Waals surface area contributed by atoms with Crippen LogP contribution >= 0.6 is 11.8 Å². The number of rotatable bonds is 2. The van der Waals surface area contributed by atoms with Gasteiger partial charge in [0, 0.05) is 17.4 Å². The van der Waals surface area contributed by atoms with Crippen molar-refractivity contribution in [2.75, 3.05) is 18.1 Å². The minimum absolute atomic E-state index is 0.108. The number of carbonyl (C=O) groups excluding carboxylic acids is 1. The Balaban J connectivity index is 2.24. The van der Waals surface area contributed by atoms with Crippen LogP contribution < -0.4 is 0 Å². The molecule has 45 valence electrons. The highest BCUT2D eigenvalue weighted by molar-refractivity contribution is 8.00. The summed E-state index contributed by atoms with van der Waals surface area (Å²) in [6.07, 6.45) is 0. The van der Waals surface area contributed by atoms with Crippen molar-refractivity contribution in [3.63, 3.8) is 0 Å². The van der Waals surface area contributed by atoms with E-state index in [4.69, 9.17) is 0 Å². The van der Waals surface area contributed by atoms with E-state index in [1.165, 1.54) is 0 Å². The van der Waals surface area contributed by atoms with Crippen molar-refractivity contribution >= 4 is 17.5 Å². The van der Waals surface area contributed by atoms with Crippen molar-refractivity contribution in [1.29, 1.82) is 0 Å². The van der Waals surface area contributed by atoms with Crippen molar-refractivity contribution in [3.8, 4) is 0 Å². The van der Waals surface area contributed by atoms with E-state index in [2.05, 4.69) is 0 Å². The van der Waals surface area contributed by atoms with Gasteiger partial charge < -0.3 is 0 Å². The molecule has 1 saturated heterocycles. The predicted octanol–water partition coefficient (Wildman–Crippen LogP) is 0.349. The van der Waals surface area contributed by atoms with Gasteiger partial charge in [0.2, 0.25) is 0 Å². The molecule has 1 fully saturated rings. The maximum Gasteiger partial charge on any atom is 0.166 e. The summed E-state index contributed by atoms with van der Waals surface area (Å²) in [5, 5.41) is 9.91. The third-order valence-corrected chi connectivity index (χ3v) is 2.51. The van der Waals surface area contributed by atoms with E-state index < -0.39 is 6.61 Å². The van der Waals surface area contributed by atoms with Gasteiger partial charge in [-0.15, -0.1) is 0 Å². The molecule has 1 rings (SSSR count). The fraction of sp³-hybridized carbons (Fsp3) is 0.800. The van der Waals surface area contributed by atoms with E-state index in [9.17, 15) is 9.90 Å². The smallest absolute Gasteiger partial charge is 0.166 e. The Morgan fingerprint density at radius 2 is 2.25 bits per heavy atom. The van der Waals surface area contributed by atoms with Gasteiger partial charge in [0.1, 0.15) is 6.61 Å². The SMILES string of the molecule is [O]CC(=O)C1CSC1. The van der Waals surface area contributed by atoms with Gasteiger partial charge in [-0.05, 0) is 0 Å². The second-order valence-electron chi connectivity index (χ2n) is 1.85. The maximum absolute atomic E-state index is 10.5. The van der Waals surface area contributed by atoms with Crippen LogP contribution in [0.3, 0.4) is 0 Å². The Hall–Kier alpha value is -0.0200. The molecule has 1 radical (unpaired) electrons. The second kappa shape index (κ2) is 2.51. The lowest BCUT2D eigenvalue weighted by molar-refractivity contribution is -0.126. The summed E-state index contributed by atoms with van der Waals surface area (Å²) in [6.45, 7) is -0.523. The molecule has 3 heteroatoms. The molecule has 2 nitrogen and oxygen atoms in total. The highest BCUT2D eigenvalue weighted by atomic mass is 32.2. The summed E-state index contributed by atoms with van der Waals surface area (Å²) in [4.78, 5) is 10.5. The molecule has 0 aromatic carbocycles. The largest absolute Gasteiger partial charge is 0.297 e. The van der Waals surface area contributed by atoms with Crippen molar-refractivity contribution in [2.45, 2.75) is 0 Å². The van der Waals surface area contributed by atoms with E-state index in [0.29, 0.717) is 0 Å². The molecule has 0 saturated carbocycles. The van der Waals surface area contributed by atoms with Crippen LogP contribution in [0.25, 0.3) is 0 Å². The number of hydrogen-bond donors (Lipinski definition) is 0. The zero-order valence-electron chi connectivity index (χ0n) is 4.42. The lowest BCUT2D eigenvalue weighted by Gasteiger charge is -2.21. The summed E-state index contributed by atoms with van der Waals surface area (Å²) in [5.74, 6) is 1.75. The third kappa shape index (κ3) is 1.03. The molecule has 0 spiro atoms. The molecule has 8 heavy (non-hydrogen) atoms. The Kier molecular flexibility index (Phi) is 1.91. The quantitative estimate of drug-likeness (QED) is 0.542. The molecule has 0 amide bonds. The molecule has 0 aliphatic carbocycles. The minimum Gasteiger partial charge on any atom is -0.297 e. The summed E-state index contributed by atoms with van der Waals surface area (Å²) in [6, 6.07) is 0. The molecule has 0 unspecified atom stereocenters. The first-order valence-corrected chi connectivity index (χ1v) is 3.68. The number of Topliss-reactive ketones (excluding diaryl/α,β-unsaturated/α-hetero) is 1. The second-order valence-corrected chi connectivity index (χ2v) is 2.92. The van der Waals surface area contributed by atoms with Gasteiger partial charge in [-0.3, -0.25) is 4.79 Å². The van der Waals surface area contributed by atoms with E-state index in [1.54, 1.807) is 11.8 Å². The monoisotopic (exact) mass is 131 g/mol. The number of carbonyl (C=O) groups is 1. The van der Waals surface area contributed by atoms with E-state index in [1.807, 2.05) is 0 Å². The van der Waals surface area contributed by atoms with Gasteiger partial charge in [0.15, 0.2) is 5.78 Å². The molecule has 1 aliphatic heterocycles. The molecule has 1 heterocycles. The lowest BCUT2D eigenvalue weighted by atomic mass is 10.1. The summed E-state index contributed by atoms with van der Waals surface area (Å²) in [7, 11) is 0. The average molecular weight is 131 g/mol. The van der Waals surface area contributed by atoms with E-state index >= 15 is 0 Å². The summed E-state index contributed by atoms with van der Waals surface area (Å²) >= 11 is 1.73. The number of hydrogen-bond acceptors (Lipinski definition) is 2. The first kappa shape index (κ1) is 6.11. The van der Waals surface area contributed by atoms with Crippen LogP contribution in [0.5, 0.6) is 0 Å². The van der Waals surface area contributed by atoms with Crippen LogP contribution in [0.1, 0.15) is 0 Å². The van der Waals surface area contributed by atoms with Gasteiger partial charge in [-0.25, -0.2) is 5.11 Å². The Labute approximate surface area is 52.3 Å². The zero-order chi connectivity index (χ0) is 5.98. The van der Waals surface area contributed by atoms with Crippen LogP contribution in [0, 0.1) is 5.92 Å². The third-order valence-electron chi connectivity index (χ3n) is 1.24. The Morgan fingerprint density at radius 3 is 2.38 bits per heavy atom. The highest BCUT2D eigenvalue weighted by Gasteiger charge is 2.24. The molecule has 1 aliphatic rings. The van der Waals surface area contributed by atoms with E-state index in [-0.39, 0.29) is 11.7 Å². The molecule has 0 bridgehead atoms. The first-order chi connectivity index (χ1) is 3.84. The van der Waals surface area contributed by atoms with Crippen molar-refractivity contribution in [2.24, 2.45) is 5.92 Å².